The van der Waals surface area contributed by atoms with E-state index in [4.69, 9.17) is 5.11 Å². The van der Waals surface area contributed by atoms with Gasteiger partial charge in [0.1, 0.15) is 0 Å². The molecule has 94 valence electrons. The summed E-state index contributed by atoms with van der Waals surface area (Å²) in [6.45, 7) is 2.77. The van der Waals surface area contributed by atoms with Crippen molar-refractivity contribution in [1.29, 1.82) is 0 Å². The third-order valence-electron chi connectivity index (χ3n) is 2.36. The summed E-state index contributed by atoms with van der Waals surface area (Å²) in [6.07, 6.45) is 3.08. The fraction of sp³-hybridized carbons (Fsp3) is 0.400. The van der Waals surface area contributed by atoms with Crippen molar-refractivity contribution >= 4 is 16.0 Å². The summed E-state index contributed by atoms with van der Waals surface area (Å²) in [7, 11) is -3.88. The molecule has 0 aliphatic carbocycles. The number of aliphatic carboxylic acids is 1. The van der Waals surface area contributed by atoms with Crippen molar-refractivity contribution < 1.29 is 18.3 Å². The Kier molecular flexibility index (Phi) is 4.19. The average molecular weight is 258 g/mol. The van der Waals surface area contributed by atoms with Gasteiger partial charge in [0.2, 0.25) is 10.0 Å². The van der Waals surface area contributed by atoms with Crippen LogP contribution in [0.25, 0.3) is 0 Å². The highest BCUT2D eigenvalue weighted by Crippen LogP contribution is 2.13. The van der Waals surface area contributed by atoms with Gasteiger partial charge in [-0.2, -0.15) is 0 Å². The number of rotatable bonds is 5. The minimum atomic E-state index is -3.88. The maximum atomic E-state index is 11.6. The van der Waals surface area contributed by atoms with Gasteiger partial charge in [0.25, 0.3) is 0 Å². The lowest BCUT2D eigenvalue weighted by atomic mass is 10.1. The quantitative estimate of drug-likeness (QED) is 0.803. The Labute approximate surface area is 99.7 Å². The van der Waals surface area contributed by atoms with Crippen LogP contribution in [0.15, 0.2) is 24.5 Å². The molecule has 6 nitrogen and oxygen atoms in total. The SMILES string of the molecule is CC(C(=O)O)S(=O)(=O)N[C@@H](C)c1ccncc1. The number of sulfonamides is 1. The van der Waals surface area contributed by atoms with Crippen LogP contribution in [0.1, 0.15) is 25.5 Å². The summed E-state index contributed by atoms with van der Waals surface area (Å²) < 4.78 is 25.6. The number of aromatic nitrogens is 1. The second-order valence-electron chi connectivity index (χ2n) is 3.65. The molecule has 7 heteroatoms. The van der Waals surface area contributed by atoms with Gasteiger partial charge in [-0.25, -0.2) is 13.1 Å². The largest absolute Gasteiger partial charge is 0.480 e. The molecule has 0 aromatic carbocycles. The molecule has 0 radical (unpaired) electrons. The Bertz CT molecular complexity index is 486. The summed E-state index contributed by atoms with van der Waals surface area (Å²) in [6, 6.07) is 2.84. The molecule has 1 aromatic rings. The number of hydrogen-bond acceptors (Lipinski definition) is 4. The maximum absolute atomic E-state index is 11.6. The van der Waals surface area contributed by atoms with Crippen LogP contribution >= 0.6 is 0 Å². The van der Waals surface area contributed by atoms with Gasteiger partial charge in [-0.05, 0) is 31.5 Å². The van der Waals surface area contributed by atoms with E-state index in [1.807, 2.05) is 0 Å². The number of carbonyl (C=O) groups is 1. The van der Waals surface area contributed by atoms with Crippen LogP contribution in [-0.4, -0.2) is 29.7 Å². The van der Waals surface area contributed by atoms with Gasteiger partial charge in [0.05, 0.1) is 0 Å². The van der Waals surface area contributed by atoms with Gasteiger partial charge in [0, 0.05) is 18.4 Å². The summed E-state index contributed by atoms with van der Waals surface area (Å²) in [5.74, 6) is -1.38. The molecule has 0 bridgehead atoms. The Morgan fingerprint density at radius 1 is 1.35 bits per heavy atom. The molecule has 0 fully saturated rings. The number of nitrogens with one attached hydrogen (secondary N) is 1. The predicted octanol–water partition coefficient (Wildman–Crippen LogP) is 0.535. The minimum absolute atomic E-state index is 0.496. The van der Waals surface area contributed by atoms with Crippen molar-refractivity contribution in [2.45, 2.75) is 25.1 Å². The van der Waals surface area contributed by atoms with E-state index in [-0.39, 0.29) is 0 Å². The third-order valence-corrected chi connectivity index (χ3v) is 4.17. The fourth-order valence-electron chi connectivity index (χ4n) is 1.20. The average Bonchev–Trinajstić information content (AvgIpc) is 2.28. The van der Waals surface area contributed by atoms with Crippen molar-refractivity contribution in [1.82, 2.24) is 9.71 Å². The summed E-state index contributed by atoms with van der Waals surface area (Å²) in [4.78, 5) is 14.5. The Morgan fingerprint density at radius 2 is 1.88 bits per heavy atom. The van der Waals surface area contributed by atoms with Crippen molar-refractivity contribution in [3.63, 3.8) is 0 Å². The molecule has 0 spiro atoms. The molecular weight excluding hydrogens is 244 g/mol. The number of hydrogen-bond donors (Lipinski definition) is 2. The van der Waals surface area contributed by atoms with Gasteiger partial charge in [-0.1, -0.05) is 0 Å². The number of nitrogens with zero attached hydrogens (tertiary/aromatic N) is 1. The summed E-state index contributed by atoms with van der Waals surface area (Å²) >= 11 is 0. The molecule has 1 aromatic heterocycles. The van der Waals surface area contributed by atoms with Crippen LogP contribution in [0.3, 0.4) is 0 Å². The van der Waals surface area contributed by atoms with E-state index >= 15 is 0 Å². The smallest absolute Gasteiger partial charge is 0.323 e. The number of carboxylic acids is 1. The number of carboxylic acid groups (broad SMARTS) is 1. The van der Waals surface area contributed by atoms with Crippen LogP contribution in [0, 0.1) is 0 Å². The van der Waals surface area contributed by atoms with E-state index in [1.54, 1.807) is 31.5 Å². The summed E-state index contributed by atoms with van der Waals surface area (Å²) in [5, 5.41) is 7.19. The lowest BCUT2D eigenvalue weighted by Gasteiger charge is -2.16. The zero-order chi connectivity index (χ0) is 13.1. The summed E-state index contributed by atoms with van der Waals surface area (Å²) in [5.41, 5.74) is 0.723. The van der Waals surface area contributed by atoms with E-state index in [1.165, 1.54) is 0 Å². The van der Waals surface area contributed by atoms with Crippen molar-refractivity contribution in [2.24, 2.45) is 0 Å². The zero-order valence-electron chi connectivity index (χ0n) is 9.49. The van der Waals surface area contributed by atoms with Crippen LogP contribution < -0.4 is 4.72 Å². The van der Waals surface area contributed by atoms with E-state index in [2.05, 4.69) is 9.71 Å². The molecule has 1 rings (SSSR count). The maximum Gasteiger partial charge on any atom is 0.323 e. The molecule has 0 aliphatic rings. The van der Waals surface area contributed by atoms with Crippen LogP contribution in [0.2, 0.25) is 0 Å². The topological polar surface area (TPSA) is 96.4 Å². The molecule has 1 heterocycles. The molecule has 1 unspecified atom stereocenters. The highest BCUT2D eigenvalue weighted by molar-refractivity contribution is 7.90. The molecule has 0 amide bonds. The van der Waals surface area contributed by atoms with Crippen LogP contribution in [0.5, 0.6) is 0 Å². The number of pyridine rings is 1. The first-order valence-corrected chi connectivity index (χ1v) is 6.53. The van der Waals surface area contributed by atoms with Gasteiger partial charge in [0.15, 0.2) is 5.25 Å². The molecule has 2 atom stereocenters. The van der Waals surface area contributed by atoms with Gasteiger partial charge < -0.3 is 5.11 Å². The van der Waals surface area contributed by atoms with Gasteiger partial charge in [-0.15, -0.1) is 0 Å². The van der Waals surface area contributed by atoms with E-state index < -0.39 is 27.3 Å². The van der Waals surface area contributed by atoms with Crippen molar-refractivity contribution in [3.8, 4) is 0 Å². The molecule has 0 aliphatic heterocycles. The normalized spacial score (nSPS) is 15.2. The predicted molar refractivity (Wildman–Crippen MR) is 61.8 cm³/mol. The Balaban J connectivity index is 2.82. The standard InChI is InChI=1S/C10H14N2O4S/c1-7(9-3-5-11-6-4-9)12-17(15,16)8(2)10(13)14/h3-8,12H,1-2H3,(H,13,14)/t7-,8?/m0/s1. The van der Waals surface area contributed by atoms with E-state index in [0.29, 0.717) is 0 Å². The first-order valence-electron chi connectivity index (χ1n) is 4.98. The van der Waals surface area contributed by atoms with Crippen LogP contribution in [-0.2, 0) is 14.8 Å². The van der Waals surface area contributed by atoms with Gasteiger partial charge >= 0.3 is 5.97 Å². The highest BCUT2D eigenvalue weighted by atomic mass is 32.2. The zero-order valence-corrected chi connectivity index (χ0v) is 10.3. The first kappa shape index (κ1) is 13.6. The molecule has 0 saturated carbocycles. The molecule has 2 N–H and O–H groups in total. The molecular formula is C10H14N2O4S. The third kappa shape index (κ3) is 3.50. The van der Waals surface area contributed by atoms with E-state index in [0.717, 1.165) is 12.5 Å². The molecule has 17 heavy (non-hydrogen) atoms. The lowest BCUT2D eigenvalue weighted by molar-refractivity contribution is -0.136. The monoisotopic (exact) mass is 258 g/mol. The minimum Gasteiger partial charge on any atom is -0.480 e. The van der Waals surface area contributed by atoms with Crippen molar-refractivity contribution in [3.05, 3.63) is 30.1 Å². The molecule has 0 saturated heterocycles. The second-order valence-corrected chi connectivity index (χ2v) is 5.68. The fourth-order valence-corrected chi connectivity index (χ4v) is 2.30. The highest BCUT2D eigenvalue weighted by Gasteiger charge is 2.29. The van der Waals surface area contributed by atoms with Crippen molar-refractivity contribution in [2.75, 3.05) is 0 Å². The Hall–Kier alpha value is -1.47. The first-order chi connectivity index (χ1) is 7.84. The van der Waals surface area contributed by atoms with Crippen LogP contribution in [0.4, 0.5) is 0 Å². The second kappa shape index (κ2) is 5.24. The van der Waals surface area contributed by atoms with E-state index in [9.17, 15) is 13.2 Å². The van der Waals surface area contributed by atoms with Gasteiger partial charge in [-0.3, -0.25) is 9.78 Å². The Morgan fingerprint density at radius 3 is 2.35 bits per heavy atom. The lowest BCUT2D eigenvalue weighted by Crippen LogP contribution is -2.38.